The summed E-state index contributed by atoms with van der Waals surface area (Å²) in [5, 5.41) is 17.9. The Morgan fingerprint density at radius 2 is 1.92 bits per heavy atom. The van der Waals surface area contributed by atoms with Gasteiger partial charge in [0.05, 0.1) is 0 Å². The Morgan fingerprint density at radius 3 is 2.33 bits per heavy atom. The summed E-state index contributed by atoms with van der Waals surface area (Å²) in [5.41, 5.74) is 2.14. The Hall–Kier alpha value is -1.12. The SMILES string of the molecule is C=C(C)c1ccccc1C(O)O. The molecule has 0 heterocycles. The predicted octanol–water partition coefficient (Wildman–Crippen LogP) is 1.70. The van der Waals surface area contributed by atoms with Crippen molar-refractivity contribution in [2.24, 2.45) is 0 Å². The highest BCUT2D eigenvalue weighted by Gasteiger charge is 2.07. The van der Waals surface area contributed by atoms with Gasteiger partial charge in [0.1, 0.15) is 0 Å². The number of rotatable bonds is 2. The highest BCUT2D eigenvalue weighted by Crippen LogP contribution is 2.21. The fraction of sp³-hybridized carbons (Fsp3) is 0.200. The summed E-state index contributed by atoms with van der Waals surface area (Å²) < 4.78 is 0. The molecule has 1 aromatic carbocycles. The lowest BCUT2D eigenvalue weighted by molar-refractivity contribution is -0.0426. The molecule has 0 aromatic heterocycles. The number of hydrogen-bond donors (Lipinski definition) is 2. The minimum atomic E-state index is -1.42. The molecule has 0 spiro atoms. The van der Waals surface area contributed by atoms with Crippen molar-refractivity contribution >= 4 is 5.57 Å². The summed E-state index contributed by atoms with van der Waals surface area (Å²) in [4.78, 5) is 0. The molecule has 0 saturated heterocycles. The van der Waals surface area contributed by atoms with Gasteiger partial charge < -0.3 is 10.2 Å². The number of aliphatic hydroxyl groups excluding tert-OH is 1. The zero-order valence-corrected chi connectivity index (χ0v) is 6.99. The Balaban J connectivity index is 3.17. The summed E-state index contributed by atoms with van der Waals surface area (Å²) in [6.45, 7) is 5.58. The topological polar surface area (TPSA) is 40.5 Å². The first kappa shape index (κ1) is 8.97. The van der Waals surface area contributed by atoms with Crippen LogP contribution in [-0.4, -0.2) is 10.2 Å². The van der Waals surface area contributed by atoms with Crippen molar-refractivity contribution in [1.29, 1.82) is 0 Å². The Bertz CT molecular complexity index is 290. The highest BCUT2D eigenvalue weighted by molar-refractivity contribution is 5.64. The molecule has 0 radical (unpaired) electrons. The molecule has 0 aliphatic rings. The first-order chi connectivity index (χ1) is 5.63. The van der Waals surface area contributed by atoms with Crippen molar-refractivity contribution in [3.63, 3.8) is 0 Å². The fourth-order valence-electron chi connectivity index (χ4n) is 1.11. The molecule has 0 saturated carbocycles. The monoisotopic (exact) mass is 164 g/mol. The molecule has 12 heavy (non-hydrogen) atoms. The van der Waals surface area contributed by atoms with E-state index in [0.29, 0.717) is 5.56 Å². The second kappa shape index (κ2) is 3.52. The second-order valence-electron chi connectivity index (χ2n) is 2.74. The van der Waals surface area contributed by atoms with Gasteiger partial charge in [-0.3, -0.25) is 0 Å². The molecular formula is C10H12O2. The molecule has 0 fully saturated rings. The molecule has 2 N–H and O–H groups in total. The molecule has 0 aliphatic heterocycles. The minimum Gasteiger partial charge on any atom is -0.364 e. The quantitative estimate of drug-likeness (QED) is 0.653. The summed E-state index contributed by atoms with van der Waals surface area (Å²) in [6.07, 6.45) is -1.42. The molecule has 1 rings (SSSR count). The van der Waals surface area contributed by atoms with Gasteiger partial charge in [0.2, 0.25) is 0 Å². The van der Waals surface area contributed by atoms with Gasteiger partial charge in [-0.25, -0.2) is 0 Å². The number of hydrogen-bond acceptors (Lipinski definition) is 2. The molecule has 0 bridgehead atoms. The third-order valence-electron chi connectivity index (χ3n) is 1.70. The Kier molecular flexibility index (Phi) is 2.63. The van der Waals surface area contributed by atoms with Gasteiger partial charge >= 0.3 is 0 Å². The van der Waals surface area contributed by atoms with Crippen LogP contribution in [0, 0.1) is 0 Å². The molecule has 64 valence electrons. The van der Waals surface area contributed by atoms with E-state index in [1.807, 2.05) is 19.1 Å². The van der Waals surface area contributed by atoms with E-state index in [0.717, 1.165) is 11.1 Å². The average Bonchev–Trinajstić information content (AvgIpc) is 2.04. The molecule has 1 aromatic rings. The van der Waals surface area contributed by atoms with E-state index in [1.54, 1.807) is 12.1 Å². The summed E-state index contributed by atoms with van der Waals surface area (Å²) in [7, 11) is 0. The van der Waals surface area contributed by atoms with Gasteiger partial charge in [0.25, 0.3) is 0 Å². The van der Waals surface area contributed by atoms with E-state index in [1.165, 1.54) is 0 Å². The summed E-state index contributed by atoms with van der Waals surface area (Å²) >= 11 is 0. The third-order valence-corrected chi connectivity index (χ3v) is 1.70. The van der Waals surface area contributed by atoms with Crippen molar-refractivity contribution in [3.8, 4) is 0 Å². The van der Waals surface area contributed by atoms with Crippen LogP contribution in [0.25, 0.3) is 5.57 Å². The molecule has 0 atom stereocenters. The van der Waals surface area contributed by atoms with Crippen LogP contribution < -0.4 is 0 Å². The predicted molar refractivity (Wildman–Crippen MR) is 48.3 cm³/mol. The standard InChI is InChI=1S/C10H12O2/c1-7(2)8-5-3-4-6-9(8)10(11)12/h3-6,10-12H,1H2,2H3. The average molecular weight is 164 g/mol. The van der Waals surface area contributed by atoms with Crippen molar-refractivity contribution < 1.29 is 10.2 Å². The largest absolute Gasteiger partial charge is 0.364 e. The number of aliphatic hydroxyl groups is 2. The van der Waals surface area contributed by atoms with Crippen molar-refractivity contribution in [2.45, 2.75) is 13.2 Å². The van der Waals surface area contributed by atoms with E-state index >= 15 is 0 Å². The number of benzene rings is 1. The lowest BCUT2D eigenvalue weighted by Crippen LogP contribution is -1.98. The van der Waals surface area contributed by atoms with Gasteiger partial charge in [-0.15, -0.1) is 0 Å². The van der Waals surface area contributed by atoms with Crippen LogP contribution in [0.1, 0.15) is 24.3 Å². The van der Waals surface area contributed by atoms with Crippen LogP contribution in [0.4, 0.5) is 0 Å². The molecule has 0 amide bonds. The van der Waals surface area contributed by atoms with Crippen LogP contribution in [-0.2, 0) is 0 Å². The van der Waals surface area contributed by atoms with Crippen LogP contribution in [0.15, 0.2) is 30.8 Å². The zero-order chi connectivity index (χ0) is 9.14. The van der Waals surface area contributed by atoms with Crippen LogP contribution in [0.2, 0.25) is 0 Å². The van der Waals surface area contributed by atoms with Crippen LogP contribution >= 0.6 is 0 Å². The van der Waals surface area contributed by atoms with Crippen LogP contribution in [0.3, 0.4) is 0 Å². The van der Waals surface area contributed by atoms with Gasteiger partial charge in [-0.1, -0.05) is 36.4 Å². The first-order valence-electron chi connectivity index (χ1n) is 3.74. The third kappa shape index (κ3) is 1.72. The van der Waals surface area contributed by atoms with Gasteiger partial charge in [0.15, 0.2) is 6.29 Å². The lowest BCUT2D eigenvalue weighted by atomic mass is 10.0. The van der Waals surface area contributed by atoms with Crippen LogP contribution in [0.5, 0.6) is 0 Å². The smallest absolute Gasteiger partial charge is 0.179 e. The minimum absolute atomic E-state index is 0.505. The maximum absolute atomic E-state index is 8.97. The Labute approximate surface area is 71.8 Å². The van der Waals surface area contributed by atoms with E-state index in [2.05, 4.69) is 6.58 Å². The molecular weight excluding hydrogens is 152 g/mol. The van der Waals surface area contributed by atoms with E-state index < -0.39 is 6.29 Å². The Morgan fingerprint density at radius 1 is 1.33 bits per heavy atom. The molecule has 0 unspecified atom stereocenters. The second-order valence-corrected chi connectivity index (χ2v) is 2.74. The molecule has 2 heteroatoms. The van der Waals surface area contributed by atoms with Crippen molar-refractivity contribution in [1.82, 2.24) is 0 Å². The van der Waals surface area contributed by atoms with Crippen molar-refractivity contribution in [3.05, 3.63) is 42.0 Å². The van der Waals surface area contributed by atoms with Crippen molar-refractivity contribution in [2.75, 3.05) is 0 Å². The maximum atomic E-state index is 8.97. The zero-order valence-electron chi connectivity index (χ0n) is 6.99. The van der Waals surface area contributed by atoms with E-state index in [-0.39, 0.29) is 0 Å². The van der Waals surface area contributed by atoms with E-state index in [9.17, 15) is 0 Å². The fourth-order valence-corrected chi connectivity index (χ4v) is 1.11. The van der Waals surface area contributed by atoms with Gasteiger partial charge in [-0.2, -0.15) is 0 Å². The lowest BCUT2D eigenvalue weighted by Gasteiger charge is -2.09. The first-order valence-corrected chi connectivity index (χ1v) is 3.74. The maximum Gasteiger partial charge on any atom is 0.179 e. The molecule has 0 aliphatic carbocycles. The summed E-state index contributed by atoms with van der Waals surface area (Å²) in [6, 6.07) is 7.10. The normalized spacial score (nSPS) is 10.3. The van der Waals surface area contributed by atoms with Gasteiger partial charge in [-0.05, 0) is 12.5 Å². The van der Waals surface area contributed by atoms with E-state index in [4.69, 9.17) is 10.2 Å². The van der Waals surface area contributed by atoms with Gasteiger partial charge in [0, 0.05) is 5.56 Å². The number of allylic oxidation sites excluding steroid dienone is 1. The molecule has 2 nitrogen and oxygen atoms in total. The summed E-state index contributed by atoms with van der Waals surface area (Å²) in [5.74, 6) is 0. The highest BCUT2D eigenvalue weighted by atomic mass is 16.5.